The summed E-state index contributed by atoms with van der Waals surface area (Å²) in [4.78, 5) is 0. The minimum absolute atomic E-state index is 0.190. The van der Waals surface area contributed by atoms with Gasteiger partial charge in [0.2, 0.25) is 0 Å². The maximum Gasteiger partial charge on any atom is 0.111 e. The molecule has 1 heterocycles. The van der Waals surface area contributed by atoms with Gasteiger partial charge in [-0.05, 0) is 31.6 Å². The molecule has 130 valence electrons. The molecule has 4 nitrogen and oxygen atoms in total. The van der Waals surface area contributed by atoms with Crippen molar-refractivity contribution in [1.29, 1.82) is 0 Å². The van der Waals surface area contributed by atoms with Crippen LogP contribution in [0.4, 0.5) is 0 Å². The van der Waals surface area contributed by atoms with Crippen molar-refractivity contribution in [3.8, 4) is 0 Å². The zero-order chi connectivity index (χ0) is 16.7. The predicted molar refractivity (Wildman–Crippen MR) is 88.6 cm³/mol. The number of allylic oxidation sites excluding steroid dienone is 1. The van der Waals surface area contributed by atoms with Crippen molar-refractivity contribution >= 4 is 0 Å². The molecule has 4 heteroatoms. The molecule has 1 aliphatic rings. The fourth-order valence-corrected chi connectivity index (χ4v) is 3.08. The molecular weight excluding hydrogens is 280 g/mol. The van der Waals surface area contributed by atoms with Crippen LogP contribution in [0.5, 0.6) is 0 Å². The summed E-state index contributed by atoms with van der Waals surface area (Å²) in [5, 5.41) is 28.9. The van der Waals surface area contributed by atoms with Gasteiger partial charge in [-0.1, -0.05) is 51.7 Å². The molecule has 2 unspecified atom stereocenters. The van der Waals surface area contributed by atoms with Gasteiger partial charge in [-0.3, -0.25) is 0 Å². The molecule has 0 spiro atoms. The van der Waals surface area contributed by atoms with Crippen molar-refractivity contribution in [2.24, 2.45) is 11.8 Å². The number of ether oxygens (including phenoxy) is 1. The molecule has 6 atom stereocenters. The summed E-state index contributed by atoms with van der Waals surface area (Å²) in [6.07, 6.45) is 4.06. The van der Waals surface area contributed by atoms with Crippen LogP contribution in [0, 0.1) is 11.8 Å². The molecule has 0 aromatic heterocycles. The Morgan fingerprint density at radius 2 is 1.64 bits per heavy atom. The highest BCUT2D eigenvalue weighted by Gasteiger charge is 2.44. The SMILES string of the molecule is C=C(C)C(C)CCCCCCC(C)[C@@H]1O[C@H](CO)[C@@H](O)[C@@H]1O. The maximum absolute atomic E-state index is 9.99. The van der Waals surface area contributed by atoms with Crippen molar-refractivity contribution in [2.45, 2.75) is 83.7 Å². The highest BCUT2D eigenvalue weighted by atomic mass is 16.6. The number of aliphatic hydroxyl groups excluding tert-OH is 3. The van der Waals surface area contributed by atoms with Gasteiger partial charge < -0.3 is 20.1 Å². The van der Waals surface area contributed by atoms with Gasteiger partial charge >= 0.3 is 0 Å². The molecule has 0 aliphatic carbocycles. The summed E-state index contributed by atoms with van der Waals surface area (Å²) < 4.78 is 5.57. The second-order valence-corrected chi connectivity index (χ2v) is 7.02. The van der Waals surface area contributed by atoms with Crippen LogP contribution < -0.4 is 0 Å². The minimum atomic E-state index is -0.971. The van der Waals surface area contributed by atoms with Gasteiger partial charge in [-0.2, -0.15) is 0 Å². The highest BCUT2D eigenvalue weighted by Crippen LogP contribution is 2.29. The second kappa shape index (κ2) is 9.66. The number of aliphatic hydroxyl groups is 3. The van der Waals surface area contributed by atoms with E-state index in [1.807, 2.05) is 6.92 Å². The Morgan fingerprint density at radius 1 is 1.05 bits per heavy atom. The molecule has 1 rings (SSSR count). The van der Waals surface area contributed by atoms with E-state index in [9.17, 15) is 10.2 Å². The molecule has 0 aromatic rings. The fourth-order valence-electron chi connectivity index (χ4n) is 3.08. The van der Waals surface area contributed by atoms with E-state index < -0.39 is 18.3 Å². The summed E-state index contributed by atoms with van der Waals surface area (Å²) in [6.45, 7) is 10.1. The van der Waals surface area contributed by atoms with Crippen LogP contribution in [0.3, 0.4) is 0 Å². The van der Waals surface area contributed by atoms with E-state index in [0.717, 1.165) is 12.8 Å². The first-order valence-corrected chi connectivity index (χ1v) is 8.66. The van der Waals surface area contributed by atoms with Gasteiger partial charge in [0.15, 0.2) is 0 Å². The van der Waals surface area contributed by atoms with E-state index in [0.29, 0.717) is 5.92 Å². The molecule has 0 radical (unpaired) electrons. The van der Waals surface area contributed by atoms with Crippen molar-refractivity contribution < 1.29 is 20.1 Å². The van der Waals surface area contributed by atoms with Gasteiger partial charge in [0.25, 0.3) is 0 Å². The second-order valence-electron chi connectivity index (χ2n) is 7.02. The summed E-state index contributed by atoms with van der Waals surface area (Å²) in [7, 11) is 0. The van der Waals surface area contributed by atoms with Crippen LogP contribution in [0.25, 0.3) is 0 Å². The number of hydrogen-bond donors (Lipinski definition) is 3. The lowest BCUT2D eigenvalue weighted by atomic mass is 9.92. The average Bonchev–Trinajstić information content (AvgIpc) is 2.77. The summed E-state index contributed by atoms with van der Waals surface area (Å²) in [6, 6.07) is 0. The normalized spacial score (nSPS) is 31.2. The molecule has 0 aromatic carbocycles. The van der Waals surface area contributed by atoms with Gasteiger partial charge in [0.05, 0.1) is 12.7 Å². The van der Waals surface area contributed by atoms with Crippen LogP contribution in [0.15, 0.2) is 12.2 Å². The molecule has 1 saturated heterocycles. The first kappa shape index (κ1) is 19.6. The third-order valence-corrected chi connectivity index (χ3v) is 5.03. The molecule has 22 heavy (non-hydrogen) atoms. The largest absolute Gasteiger partial charge is 0.394 e. The Labute approximate surface area is 135 Å². The number of unbranched alkanes of at least 4 members (excludes halogenated alkanes) is 3. The Balaban J connectivity index is 2.16. The van der Waals surface area contributed by atoms with E-state index in [-0.39, 0.29) is 18.6 Å². The van der Waals surface area contributed by atoms with Crippen molar-refractivity contribution in [2.75, 3.05) is 6.61 Å². The highest BCUT2D eigenvalue weighted by molar-refractivity contribution is 4.93. The fraction of sp³-hybridized carbons (Fsp3) is 0.889. The number of rotatable bonds is 10. The first-order chi connectivity index (χ1) is 10.4. The van der Waals surface area contributed by atoms with Crippen LogP contribution in [-0.4, -0.2) is 46.3 Å². The Kier molecular flexibility index (Phi) is 8.62. The third kappa shape index (κ3) is 5.65. The monoisotopic (exact) mass is 314 g/mol. The van der Waals surface area contributed by atoms with Crippen LogP contribution in [0.1, 0.15) is 59.3 Å². The van der Waals surface area contributed by atoms with Gasteiger partial charge in [-0.15, -0.1) is 0 Å². The van der Waals surface area contributed by atoms with E-state index >= 15 is 0 Å². The topological polar surface area (TPSA) is 69.9 Å². The zero-order valence-corrected chi connectivity index (χ0v) is 14.4. The maximum atomic E-state index is 9.99. The summed E-state index contributed by atoms with van der Waals surface area (Å²) >= 11 is 0. The van der Waals surface area contributed by atoms with E-state index in [2.05, 4.69) is 20.4 Å². The Hall–Kier alpha value is -0.420. The smallest absolute Gasteiger partial charge is 0.111 e. The van der Waals surface area contributed by atoms with Gasteiger partial charge in [0.1, 0.15) is 18.3 Å². The van der Waals surface area contributed by atoms with Crippen LogP contribution in [-0.2, 0) is 4.74 Å². The number of hydrogen-bond acceptors (Lipinski definition) is 4. The van der Waals surface area contributed by atoms with E-state index in [1.165, 1.54) is 31.3 Å². The molecule has 0 bridgehead atoms. The molecule has 3 N–H and O–H groups in total. The lowest BCUT2D eigenvalue weighted by Crippen LogP contribution is -2.35. The third-order valence-electron chi connectivity index (χ3n) is 5.03. The van der Waals surface area contributed by atoms with Crippen LogP contribution in [0.2, 0.25) is 0 Å². The van der Waals surface area contributed by atoms with E-state index in [1.54, 1.807) is 0 Å². The lowest BCUT2D eigenvalue weighted by molar-refractivity contribution is -0.0417. The van der Waals surface area contributed by atoms with E-state index in [4.69, 9.17) is 9.84 Å². The van der Waals surface area contributed by atoms with Crippen molar-refractivity contribution in [1.82, 2.24) is 0 Å². The molecule has 1 aliphatic heterocycles. The van der Waals surface area contributed by atoms with Gasteiger partial charge in [0, 0.05) is 0 Å². The Bertz CT molecular complexity index is 331. The summed E-state index contributed by atoms with van der Waals surface area (Å²) in [5.74, 6) is 0.799. The van der Waals surface area contributed by atoms with Crippen molar-refractivity contribution in [3.63, 3.8) is 0 Å². The van der Waals surface area contributed by atoms with Gasteiger partial charge in [-0.25, -0.2) is 0 Å². The minimum Gasteiger partial charge on any atom is -0.394 e. The lowest BCUT2D eigenvalue weighted by Gasteiger charge is -2.22. The first-order valence-electron chi connectivity index (χ1n) is 8.66. The quantitative estimate of drug-likeness (QED) is 0.428. The zero-order valence-electron chi connectivity index (χ0n) is 14.4. The predicted octanol–water partition coefficient (Wildman–Crippen LogP) is 2.66. The molecule has 1 fully saturated rings. The molecule has 0 amide bonds. The average molecular weight is 314 g/mol. The molecule has 0 saturated carbocycles. The molecular formula is C18H34O4. The van der Waals surface area contributed by atoms with Crippen LogP contribution >= 0.6 is 0 Å². The Morgan fingerprint density at radius 3 is 2.14 bits per heavy atom. The summed E-state index contributed by atoms with van der Waals surface area (Å²) in [5.41, 5.74) is 1.26. The standard InChI is InChI=1S/C18H34O4/c1-12(2)13(3)9-7-5-6-8-10-14(4)18-17(21)16(20)15(11-19)22-18/h13-21H,1,5-11H2,2-4H3/t13?,14?,15-,16-,17+,18+/m1/s1. The van der Waals surface area contributed by atoms with Crippen molar-refractivity contribution in [3.05, 3.63) is 12.2 Å².